The van der Waals surface area contributed by atoms with Gasteiger partial charge in [0.2, 0.25) is 15.9 Å². The van der Waals surface area contributed by atoms with Gasteiger partial charge in [-0.05, 0) is 43.0 Å². The lowest BCUT2D eigenvalue weighted by molar-refractivity contribution is -0.122. The van der Waals surface area contributed by atoms with Crippen LogP contribution in [-0.2, 0) is 14.8 Å². The van der Waals surface area contributed by atoms with Gasteiger partial charge in [-0.2, -0.15) is 4.31 Å². The topological polar surface area (TPSA) is 69.7 Å². The molecule has 1 N–H and O–H groups in total. The van der Waals surface area contributed by atoms with Crippen LogP contribution in [0.2, 0.25) is 5.02 Å². The van der Waals surface area contributed by atoms with Crippen LogP contribution >= 0.6 is 11.6 Å². The monoisotopic (exact) mass is 427 g/mol. The lowest BCUT2D eigenvalue weighted by atomic mass is 9.87. The van der Waals surface area contributed by atoms with Crippen LogP contribution in [0.15, 0.2) is 24.3 Å². The molecule has 1 aromatic rings. The third-order valence-corrected chi connectivity index (χ3v) is 7.83. The molecule has 1 saturated heterocycles. The van der Waals surface area contributed by atoms with E-state index in [0.717, 1.165) is 18.5 Å². The van der Waals surface area contributed by atoms with Gasteiger partial charge in [0.05, 0.1) is 5.75 Å². The third-order valence-electron chi connectivity index (χ3n) is 5.70. The second kappa shape index (κ2) is 9.94. The minimum atomic E-state index is -3.35. The maximum atomic E-state index is 12.6. The lowest BCUT2D eigenvalue weighted by Crippen LogP contribution is -2.50. The number of hydrogen-bond donors (Lipinski definition) is 1. The zero-order valence-corrected chi connectivity index (χ0v) is 17.8. The summed E-state index contributed by atoms with van der Waals surface area (Å²) in [5.74, 6) is 0.408. The van der Waals surface area contributed by atoms with E-state index in [-0.39, 0.29) is 18.2 Å². The maximum Gasteiger partial charge on any atom is 0.220 e. The molecule has 0 aromatic heterocycles. The van der Waals surface area contributed by atoms with Gasteiger partial charge in [0, 0.05) is 49.9 Å². The second-order valence-corrected chi connectivity index (χ2v) is 10.3. The highest BCUT2D eigenvalue weighted by Crippen LogP contribution is 2.26. The van der Waals surface area contributed by atoms with Crippen molar-refractivity contribution in [1.29, 1.82) is 0 Å². The maximum absolute atomic E-state index is 12.6. The molecule has 156 valence electrons. The molecule has 0 radical (unpaired) electrons. The highest BCUT2D eigenvalue weighted by atomic mass is 35.5. The van der Waals surface area contributed by atoms with Crippen LogP contribution < -0.4 is 10.2 Å². The van der Waals surface area contributed by atoms with Crippen molar-refractivity contribution >= 4 is 33.2 Å². The first kappa shape index (κ1) is 21.4. The van der Waals surface area contributed by atoms with Gasteiger partial charge in [0.25, 0.3) is 0 Å². The number of nitrogens with one attached hydrogen (secondary N) is 1. The molecular weight excluding hydrogens is 398 g/mol. The second-order valence-electron chi connectivity index (χ2n) is 7.74. The Morgan fingerprint density at radius 2 is 1.68 bits per heavy atom. The van der Waals surface area contributed by atoms with Gasteiger partial charge in [-0.15, -0.1) is 0 Å². The van der Waals surface area contributed by atoms with E-state index >= 15 is 0 Å². The predicted octanol–water partition coefficient (Wildman–Crippen LogP) is 2.88. The Hall–Kier alpha value is -1.31. The van der Waals surface area contributed by atoms with Crippen molar-refractivity contribution in [2.75, 3.05) is 43.4 Å². The molecule has 6 nitrogen and oxygen atoms in total. The number of rotatable bonds is 7. The van der Waals surface area contributed by atoms with Gasteiger partial charge in [-0.3, -0.25) is 4.79 Å². The standard InChI is InChI=1S/C20H30ClN3O3S/c21-18-6-8-19(9-7-18)23-11-13-24(14-12-23)28(26,27)15-10-22-20(25)16-17-4-2-1-3-5-17/h6-9,17H,1-5,10-16H2,(H,22,25). The largest absolute Gasteiger partial charge is 0.369 e. The van der Waals surface area contributed by atoms with Gasteiger partial charge >= 0.3 is 0 Å². The van der Waals surface area contributed by atoms with Crippen LogP contribution in [0.4, 0.5) is 5.69 Å². The molecule has 0 atom stereocenters. The SMILES string of the molecule is O=C(CC1CCCCC1)NCCS(=O)(=O)N1CCN(c2ccc(Cl)cc2)CC1. The van der Waals surface area contributed by atoms with E-state index in [0.29, 0.717) is 43.5 Å². The summed E-state index contributed by atoms with van der Waals surface area (Å²) in [4.78, 5) is 14.2. The molecule has 1 aromatic carbocycles. The molecule has 1 amide bonds. The van der Waals surface area contributed by atoms with E-state index in [9.17, 15) is 13.2 Å². The first-order chi connectivity index (χ1) is 13.4. The quantitative estimate of drug-likeness (QED) is 0.726. The fourth-order valence-corrected chi connectivity index (χ4v) is 5.51. The zero-order chi connectivity index (χ0) is 20.0. The van der Waals surface area contributed by atoms with Crippen LogP contribution in [-0.4, -0.2) is 57.1 Å². The van der Waals surface area contributed by atoms with Crippen LogP contribution in [0.1, 0.15) is 38.5 Å². The molecule has 0 bridgehead atoms. The van der Waals surface area contributed by atoms with Gasteiger partial charge in [-0.1, -0.05) is 30.9 Å². The summed E-state index contributed by atoms with van der Waals surface area (Å²) in [5, 5.41) is 3.49. The Kier molecular flexibility index (Phi) is 7.60. The molecule has 8 heteroatoms. The minimum absolute atomic E-state index is 0.0188. The fourth-order valence-electron chi connectivity index (χ4n) is 4.05. The molecule has 1 aliphatic heterocycles. The van der Waals surface area contributed by atoms with Crippen LogP contribution in [0.25, 0.3) is 0 Å². The normalized spacial score (nSPS) is 19.5. The van der Waals surface area contributed by atoms with Crippen molar-refractivity contribution in [2.24, 2.45) is 5.92 Å². The van der Waals surface area contributed by atoms with Crippen molar-refractivity contribution in [2.45, 2.75) is 38.5 Å². The molecule has 1 heterocycles. The third kappa shape index (κ3) is 6.09. The number of benzene rings is 1. The van der Waals surface area contributed by atoms with E-state index in [2.05, 4.69) is 10.2 Å². The summed E-state index contributed by atoms with van der Waals surface area (Å²) >= 11 is 5.92. The number of sulfonamides is 1. The molecule has 2 aliphatic rings. The average Bonchev–Trinajstić information content (AvgIpc) is 2.69. The van der Waals surface area contributed by atoms with Gasteiger partial charge in [0.15, 0.2) is 0 Å². The molecule has 2 fully saturated rings. The fraction of sp³-hybridized carbons (Fsp3) is 0.650. The van der Waals surface area contributed by atoms with Gasteiger partial charge < -0.3 is 10.2 Å². The summed E-state index contributed by atoms with van der Waals surface area (Å²) in [6, 6.07) is 7.59. The highest BCUT2D eigenvalue weighted by Gasteiger charge is 2.27. The number of carbonyl (C=O) groups excluding carboxylic acids is 1. The van der Waals surface area contributed by atoms with Crippen LogP contribution in [0, 0.1) is 5.92 Å². The van der Waals surface area contributed by atoms with Crippen LogP contribution in [0.3, 0.4) is 0 Å². The Morgan fingerprint density at radius 3 is 2.32 bits per heavy atom. The number of halogens is 1. The lowest BCUT2D eigenvalue weighted by Gasteiger charge is -2.35. The van der Waals surface area contributed by atoms with E-state index in [1.807, 2.05) is 24.3 Å². The average molecular weight is 428 g/mol. The summed E-state index contributed by atoms with van der Waals surface area (Å²) in [7, 11) is -3.35. The van der Waals surface area contributed by atoms with Crippen molar-refractivity contribution < 1.29 is 13.2 Å². The Balaban J connectivity index is 1.40. The van der Waals surface area contributed by atoms with E-state index in [4.69, 9.17) is 11.6 Å². The molecular formula is C20H30ClN3O3S. The molecule has 28 heavy (non-hydrogen) atoms. The van der Waals surface area contributed by atoms with E-state index in [1.165, 1.54) is 23.6 Å². The number of carbonyl (C=O) groups is 1. The Bertz CT molecular complexity index is 740. The number of amides is 1. The molecule has 0 unspecified atom stereocenters. The van der Waals surface area contributed by atoms with Crippen molar-refractivity contribution in [1.82, 2.24) is 9.62 Å². The molecule has 1 aliphatic carbocycles. The summed E-state index contributed by atoms with van der Waals surface area (Å²) in [6.07, 6.45) is 6.43. The minimum Gasteiger partial charge on any atom is -0.369 e. The molecule has 1 saturated carbocycles. The Morgan fingerprint density at radius 1 is 1.04 bits per heavy atom. The van der Waals surface area contributed by atoms with Crippen LogP contribution in [0.5, 0.6) is 0 Å². The molecule has 3 rings (SSSR count). The first-order valence-corrected chi connectivity index (χ1v) is 12.2. The number of anilines is 1. The molecule has 0 spiro atoms. The number of hydrogen-bond acceptors (Lipinski definition) is 4. The zero-order valence-electron chi connectivity index (χ0n) is 16.3. The predicted molar refractivity (Wildman–Crippen MR) is 113 cm³/mol. The van der Waals surface area contributed by atoms with Gasteiger partial charge in [-0.25, -0.2) is 8.42 Å². The van der Waals surface area contributed by atoms with Crippen molar-refractivity contribution in [3.8, 4) is 0 Å². The van der Waals surface area contributed by atoms with Crippen molar-refractivity contribution in [3.05, 3.63) is 29.3 Å². The number of nitrogens with zero attached hydrogens (tertiary/aromatic N) is 2. The van der Waals surface area contributed by atoms with Crippen molar-refractivity contribution in [3.63, 3.8) is 0 Å². The number of piperazine rings is 1. The highest BCUT2D eigenvalue weighted by molar-refractivity contribution is 7.89. The van der Waals surface area contributed by atoms with E-state index in [1.54, 1.807) is 0 Å². The summed E-state index contributed by atoms with van der Waals surface area (Å²) in [6.45, 7) is 2.40. The Labute approximate surface area is 173 Å². The van der Waals surface area contributed by atoms with E-state index < -0.39 is 10.0 Å². The summed E-state index contributed by atoms with van der Waals surface area (Å²) in [5.41, 5.74) is 1.05. The smallest absolute Gasteiger partial charge is 0.220 e. The first-order valence-electron chi connectivity index (χ1n) is 10.2. The summed E-state index contributed by atoms with van der Waals surface area (Å²) < 4.78 is 26.7. The van der Waals surface area contributed by atoms with Gasteiger partial charge in [0.1, 0.15) is 0 Å².